The summed E-state index contributed by atoms with van der Waals surface area (Å²) in [4.78, 5) is 25.9. The standard InChI is InChI=1S/C18H22N2O4S2.C2HF3O2/c1-12-4-5-13(25-12)9-20-10-14-15(6-8-26(22,23)17(14)11-20)19-18(21)16-3-2-7-24-16;3-2(4,5)1(6)7/h2-5,7,14-15,17H,6,8-11H2,1H3,(H,19,21);(H,6,7). The molecular weight excluding hydrogens is 485 g/mol. The minimum atomic E-state index is -5.08. The van der Waals surface area contributed by atoms with Crippen molar-refractivity contribution in [3.63, 3.8) is 0 Å². The summed E-state index contributed by atoms with van der Waals surface area (Å²) in [6, 6.07) is 7.34. The summed E-state index contributed by atoms with van der Waals surface area (Å²) in [6.45, 7) is 4.06. The van der Waals surface area contributed by atoms with Crippen LogP contribution in [0.3, 0.4) is 0 Å². The molecule has 33 heavy (non-hydrogen) atoms. The van der Waals surface area contributed by atoms with E-state index in [4.69, 9.17) is 14.3 Å². The van der Waals surface area contributed by atoms with Gasteiger partial charge in [-0.1, -0.05) is 0 Å². The van der Waals surface area contributed by atoms with Crippen LogP contribution in [0.15, 0.2) is 34.9 Å². The van der Waals surface area contributed by atoms with E-state index in [1.54, 1.807) is 23.5 Å². The number of aryl methyl sites for hydroxylation is 1. The van der Waals surface area contributed by atoms with Gasteiger partial charge in [0.05, 0.1) is 17.3 Å². The summed E-state index contributed by atoms with van der Waals surface area (Å²) < 4.78 is 62.0. The Hall–Kier alpha value is -2.38. The average Bonchev–Trinajstić information content (AvgIpc) is 3.45. The number of thiophene rings is 1. The molecule has 3 unspecified atom stereocenters. The Bertz CT molecular complexity index is 1080. The van der Waals surface area contributed by atoms with Crippen molar-refractivity contribution >= 4 is 33.1 Å². The number of fused-ring (bicyclic) bond motifs is 1. The SMILES string of the molecule is Cc1ccc(CN2CC3C(NC(=O)c4ccco4)CCS(=O)(=O)C3C2)s1.O=C(O)C(F)(F)F. The van der Waals surface area contributed by atoms with Gasteiger partial charge in [-0.25, -0.2) is 13.2 Å². The van der Waals surface area contributed by atoms with Crippen LogP contribution in [0.5, 0.6) is 0 Å². The Kier molecular flexibility index (Phi) is 7.54. The molecule has 0 bridgehead atoms. The number of hydrogen-bond acceptors (Lipinski definition) is 7. The van der Waals surface area contributed by atoms with E-state index in [2.05, 4.69) is 29.3 Å². The fourth-order valence-electron chi connectivity index (χ4n) is 4.05. The normalized spacial score (nSPS) is 24.4. The molecule has 0 spiro atoms. The smallest absolute Gasteiger partial charge is 0.475 e. The van der Waals surface area contributed by atoms with Crippen molar-refractivity contribution in [2.75, 3.05) is 18.8 Å². The van der Waals surface area contributed by atoms with Crippen LogP contribution < -0.4 is 5.32 Å². The first-order chi connectivity index (χ1) is 15.4. The van der Waals surface area contributed by atoms with Gasteiger partial charge in [0.15, 0.2) is 15.6 Å². The zero-order valence-electron chi connectivity index (χ0n) is 17.5. The molecule has 3 atom stereocenters. The van der Waals surface area contributed by atoms with Crippen LogP contribution in [0.2, 0.25) is 0 Å². The number of hydrogen-bond donors (Lipinski definition) is 2. The van der Waals surface area contributed by atoms with Crippen molar-refractivity contribution in [2.45, 2.75) is 37.4 Å². The third kappa shape index (κ3) is 6.36. The molecule has 2 fully saturated rings. The van der Waals surface area contributed by atoms with Crippen molar-refractivity contribution in [1.29, 1.82) is 0 Å². The van der Waals surface area contributed by atoms with Gasteiger partial charge in [-0.2, -0.15) is 13.2 Å². The second-order valence-corrected chi connectivity index (χ2v) is 11.6. The third-order valence-electron chi connectivity index (χ3n) is 5.56. The van der Waals surface area contributed by atoms with Crippen LogP contribution in [0, 0.1) is 12.8 Å². The predicted molar refractivity (Wildman–Crippen MR) is 114 cm³/mol. The van der Waals surface area contributed by atoms with Crippen LogP contribution >= 0.6 is 11.3 Å². The number of carbonyl (C=O) groups is 2. The fraction of sp³-hybridized carbons (Fsp3) is 0.500. The van der Waals surface area contributed by atoms with E-state index in [0.29, 0.717) is 19.5 Å². The second-order valence-electron chi connectivity index (χ2n) is 7.92. The summed E-state index contributed by atoms with van der Waals surface area (Å²) >= 11 is 1.74. The van der Waals surface area contributed by atoms with Gasteiger partial charge in [-0.3, -0.25) is 9.69 Å². The Morgan fingerprint density at radius 1 is 1.27 bits per heavy atom. The van der Waals surface area contributed by atoms with E-state index in [0.717, 1.165) is 6.54 Å². The number of aliphatic carboxylic acids is 1. The number of carboxylic acid groups (broad SMARTS) is 1. The van der Waals surface area contributed by atoms with Gasteiger partial charge in [-0.05, 0) is 37.6 Å². The minimum absolute atomic E-state index is 0.0753. The van der Waals surface area contributed by atoms with E-state index >= 15 is 0 Å². The predicted octanol–water partition coefficient (Wildman–Crippen LogP) is 2.70. The molecule has 0 aliphatic carbocycles. The average molecular weight is 509 g/mol. The lowest BCUT2D eigenvalue weighted by Gasteiger charge is -2.33. The van der Waals surface area contributed by atoms with Gasteiger partial charge in [-0.15, -0.1) is 11.3 Å². The molecule has 8 nitrogen and oxygen atoms in total. The van der Waals surface area contributed by atoms with Crippen molar-refractivity contribution in [1.82, 2.24) is 10.2 Å². The lowest BCUT2D eigenvalue weighted by atomic mass is 9.95. The lowest BCUT2D eigenvalue weighted by Crippen LogP contribution is -2.51. The molecular formula is C20H23F3N2O6S2. The highest BCUT2D eigenvalue weighted by molar-refractivity contribution is 7.92. The number of carbonyl (C=O) groups excluding carboxylic acids is 1. The van der Waals surface area contributed by atoms with E-state index in [9.17, 15) is 26.4 Å². The number of nitrogens with zero attached hydrogens (tertiary/aromatic N) is 1. The van der Waals surface area contributed by atoms with Crippen LogP contribution in [-0.4, -0.2) is 66.6 Å². The maximum Gasteiger partial charge on any atom is 0.490 e. The largest absolute Gasteiger partial charge is 0.490 e. The molecule has 2 aromatic heterocycles. The monoisotopic (exact) mass is 508 g/mol. The highest BCUT2D eigenvalue weighted by atomic mass is 32.2. The summed E-state index contributed by atoms with van der Waals surface area (Å²) in [7, 11) is -3.12. The second kappa shape index (κ2) is 9.85. The number of likely N-dealkylation sites (tertiary alicyclic amines) is 1. The summed E-state index contributed by atoms with van der Waals surface area (Å²) in [5, 5.41) is 9.72. The first-order valence-electron chi connectivity index (χ1n) is 10.0. The lowest BCUT2D eigenvalue weighted by molar-refractivity contribution is -0.192. The summed E-state index contributed by atoms with van der Waals surface area (Å²) in [6.07, 6.45) is -3.16. The van der Waals surface area contributed by atoms with Gasteiger partial charge in [0.25, 0.3) is 5.91 Å². The zero-order chi connectivity index (χ0) is 24.4. The van der Waals surface area contributed by atoms with Crippen molar-refractivity contribution < 1.29 is 40.7 Å². The van der Waals surface area contributed by atoms with Gasteiger partial charge in [0, 0.05) is 41.3 Å². The Morgan fingerprint density at radius 2 is 1.97 bits per heavy atom. The number of rotatable bonds is 4. The van der Waals surface area contributed by atoms with E-state index < -0.39 is 27.2 Å². The Balaban J connectivity index is 0.000000383. The van der Waals surface area contributed by atoms with Crippen molar-refractivity contribution in [3.05, 3.63) is 46.0 Å². The third-order valence-corrected chi connectivity index (χ3v) is 8.77. The topological polar surface area (TPSA) is 117 Å². The molecule has 2 aromatic rings. The summed E-state index contributed by atoms with van der Waals surface area (Å²) in [5.74, 6) is -2.71. The molecule has 13 heteroatoms. The van der Waals surface area contributed by atoms with Crippen molar-refractivity contribution in [2.24, 2.45) is 5.92 Å². The number of furan rings is 1. The maximum absolute atomic E-state index is 12.6. The molecule has 0 saturated carbocycles. The molecule has 0 radical (unpaired) electrons. The molecule has 0 aromatic carbocycles. The maximum atomic E-state index is 12.6. The first kappa shape index (κ1) is 25.2. The molecule has 2 saturated heterocycles. The first-order valence-corrected chi connectivity index (χ1v) is 12.5. The van der Waals surface area contributed by atoms with Crippen LogP contribution in [0.25, 0.3) is 0 Å². The minimum Gasteiger partial charge on any atom is -0.475 e. The quantitative estimate of drug-likeness (QED) is 0.652. The van der Waals surface area contributed by atoms with Crippen LogP contribution in [-0.2, 0) is 21.2 Å². The molecule has 2 aliphatic heterocycles. The molecule has 2 aliphatic rings. The number of amides is 1. The number of nitrogens with one attached hydrogen (secondary N) is 1. The summed E-state index contributed by atoms with van der Waals surface area (Å²) in [5.41, 5.74) is 0. The van der Waals surface area contributed by atoms with Gasteiger partial charge < -0.3 is 14.8 Å². The van der Waals surface area contributed by atoms with Gasteiger partial charge >= 0.3 is 12.1 Å². The Labute approximate surface area is 192 Å². The highest BCUT2D eigenvalue weighted by Crippen LogP contribution is 2.34. The highest BCUT2D eigenvalue weighted by Gasteiger charge is 2.48. The number of halogens is 3. The zero-order valence-corrected chi connectivity index (χ0v) is 19.2. The van der Waals surface area contributed by atoms with E-state index in [1.165, 1.54) is 16.0 Å². The molecule has 182 valence electrons. The van der Waals surface area contributed by atoms with Crippen molar-refractivity contribution in [3.8, 4) is 0 Å². The molecule has 4 rings (SSSR count). The van der Waals surface area contributed by atoms with Gasteiger partial charge in [0.1, 0.15) is 0 Å². The molecule has 4 heterocycles. The molecule has 2 N–H and O–H groups in total. The van der Waals surface area contributed by atoms with Crippen LogP contribution in [0.4, 0.5) is 13.2 Å². The Morgan fingerprint density at radius 3 is 2.52 bits per heavy atom. The number of alkyl halides is 3. The van der Waals surface area contributed by atoms with E-state index in [1.807, 2.05) is 0 Å². The number of sulfone groups is 1. The van der Waals surface area contributed by atoms with Gasteiger partial charge in [0.2, 0.25) is 0 Å². The number of carboxylic acids is 1. The fourth-order valence-corrected chi connectivity index (χ4v) is 7.11. The van der Waals surface area contributed by atoms with Crippen LogP contribution in [0.1, 0.15) is 26.7 Å². The molecule has 1 amide bonds. The van der Waals surface area contributed by atoms with E-state index in [-0.39, 0.29) is 29.4 Å².